The first-order valence-electron chi connectivity index (χ1n) is 30.6. The highest BCUT2D eigenvalue weighted by Crippen LogP contribution is 2.47. The first kappa shape index (κ1) is 50.0. The summed E-state index contributed by atoms with van der Waals surface area (Å²) < 4.78 is 20.3. The van der Waals surface area contributed by atoms with Crippen molar-refractivity contribution >= 4 is 141 Å². The summed E-state index contributed by atoms with van der Waals surface area (Å²) in [6.45, 7) is 0. The van der Waals surface area contributed by atoms with E-state index >= 15 is 0 Å². The molecule has 0 amide bonds. The average molecular weight is 1180 g/mol. The second-order valence-corrected chi connectivity index (χ2v) is 24.6. The summed E-state index contributed by atoms with van der Waals surface area (Å²) in [5.41, 5.74) is 19.8. The van der Waals surface area contributed by atoms with Crippen molar-refractivity contribution in [1.82, 2.24) is 29.1 Å². The summed E-state index contributed by atoms with van der Waals surface area (Å²) in [5.74, 6) is 1.21. The Labute approximate surface area is 522 Å². The fourth-order valence-corrected chi connectivity index (χ4v) is 15.7. The van der Waals surface area contributed by atoms with Gasteiger partial charge in [-0.05, 0) is 112 Å². The molecule has 0 bridgehead atoms. The van der Waals surface area contributed by atoms with Crippen molar-refractivity contribution in [2.45, 2.75) is 0 Å². The topological polar surface area (TPSA) is 87.7 Å². The van der Waals surface area contributed by atoms with Crippen LogP contribution in [0, 0.1) is 0 Å². The van der Waals surface area contributed by atoms with Crippen molar-refractivity contribution in [3.8, 4) is 67.8 Å². The number of hydrogen-bond acceptors (Lipinski definition) is 7. The van der Waals surface area contributed by atoms with Crippen molar-refractivity contribution < 1.29 is 8.83 Å². The quantitative estimate of drug-likeness (QED) is 0.158. The van der Waals surface area contributed by atoms with E-state index in [1.807, 2.05) is 41.7 Å². The largest absolute Gasteiger partial charge is 0.455 e. The van der Waals surface area contributed by atoms with Gasteiger partial charge >= 0.3 is 0 Å². The van der Waals surface area contributed by atoms with Crippen LogP contribution in [0.4, 0.5) is 0 Å². The average Bonchev–Trinajstić information content (AvgIpc) is 1.59. The lowest BCUT2D eigenvalue weighted by molar-refractivity contribution is 0.672. The fourth-order valence-electron chi connectivity index (χ4n) is 14.4. The Morgan fingerprint density at radius 2 is 0.736 bits per heavy atom. The Morgan fingerprint density at radius 3 is 1.40 bits per heavy atom. The van der Waals surface area contributed by atoms with Crippen LogP contribution >= 0.6 is 11.3 Å². The monoisotopic (exact) mass is 1180 g/mol. The van der Waals surface area contributed by atoms with E-state index in [1.54, 1.807) is 0 Å². The van der Waals surface area contributed by atoms with Crippen LogP contribution in [0.15, 0.2) is 288 Å². The molecule has 0 saturated carbocycles. The van der Waals surface area contributed by atoms with E-state index < -0.39 is 0 Å². The van der Waals surface area contributed by atoms with E-state index in [-0.39, 0.29) is 0 Å². The predicted molar refractivity (Wildman–Crippen MR) is 376 cm³/mol. The van der Waals surface area contributed by atoms with Gasteiger partial charge in [-0.1, -0.05) is 200 Å². The van der Waals surface area contributed by atoms with Gasteiger partial charge in [0, 0.05) is 74.4 Å². The number of fused-ring (bicyclic) bond motifs is 19. The lowest BCUT2D eigenvalue weighted by atomic mass is 9.96. The van der Waals surface area contributed by atoms with E-state index in [9.17, 15) is 0 Å². The zero-order valence-corrected chi connectivity index (χ0v) is 49.3. The van der Waals surface area contributed by atoms with E-state index in [0.29, 0.717) is 11.9 Å². The summed E-state index contributed by atoms with van der Waals surface area (Å²) in [5, 5.41) is 13.1. The van der Waals surface area contributed by atoms with Gasteiger partial charge in [-0.2, -0.15) is 0 Å². The van der Waals surface area contributed by atoms with Crippen LogP contribution < -0.4 is 0 Å². The lowest BCUT2D eigenvalue weighted by Gasteiger charge is -2.13. The highest BCUT2D eigenvalue weighted by molar-refractivity contribution is 7.26. The van der Waals surface area contributed by atoms with Crippen LogP contribution in [-0.4, -0.2) is 29.1 Å². The number of nitrogens with zero attached hydrogens (tertiary/aromatic N) is 6. The third kappa shape index (κ3) is 7.50. The van der Waals surface area contributed by atoms with Gasteiger partial charge in [0.05, 0.1) is 55.3 Å². The van der Waals surface area contributed by atoms with Crippen molar-refractivity contribution in [2.75, 3.05) is 0 Å². The summed E-state index contributed by atoms with van der Waals surface area (Å²) in [7, 11) is 0. The molecule has 9 heteroatoms. The molecule has 13 aromatic carbocycles. The van der Waals surface area contributed by atoms with E-state index in [0.717, 1.165) is 160 Å². The van der Waals surface area contributed by atoms with Crippen LogP contribution in [-0.2, 0) is 0 Å². The molecule has 0 fully saturated rings. The third-order valence-corrected chi connectivity index (χ3v) is 19.8. The SMILES string of the molecule is c1ccc(-c2nc(-n3c4cc(-c5cccc6c5sc5cc(-c7cccc(-c8cccc(-c9nc(-n%10c%11ccccc%11c%11c%12oc%13ccccc%13c%12ccc%11%10)nc%10ccccc9%10)c8)c7)ccc56)ccc4c4c5oc6ccccc6c5ccc43)nc3ccccc23)cc1. The summed E-state index contributed by atoms with van der Waals surface area (Å²) in [6, 6.07) is 99.1. The van der Waals surface area contributed by atoms with Crippen LogP contribution in [0.3, 0.4) is 0 Å². The molecule has 20 rings (SSSR count). The van der Waals surface area contributed by atoms with Crippen molar-refractivity contribution in [3.63, 3.8) is 0 Å². The first-order valence-corrected chi connectivity index (χ1v) is 31.4. The molecule has 91 heavy (non-hydrogen) atoms. The summed E-state index contributed by atoms with van der Waals surface area (Å²) in [6.07, 6.45) is 0. The van der Waals surface area contributed by atoms with Crippen LogP contribution in [0.1, 0.15) is 0 Å². The highest BCUT2D eigenvalue weighted by atomic mass is 32.1. The molecule has 0 N–H and O–H groups in total. The van der Waals surface area contributed by atoms with Gasteiger partial charge in [0.2, 0.25) is 11.9 Å². The molecule has 0 aliphatic carbocycles. The maximum Gasteiger partial charge on any atom is 0.235 e. The van der Waals surface area contributed by atoms with Crippen LogP contribution in [0.5, 0.6) is 0 Å². The second kappa shape index (κ2) is 19.2. The standard InChI is InChI=1S/C82H46N6O2S/c1-2-17-47(18-3-1)76-61-25-4-9-30-65(61)84-82(85-76)88-69-42-40-59-56-24-8-13-34-72(56)90-79(59)75(69)64-38-36-52(45-70(64)88)54-28-16-29-60-57-37-35-51(46-73(57)91-80(54)60)49-20-14-19-48(43-49)50-21-15-22-53(44-50)77-62-26-5-10-31-66(62)83-81(86-77)87-67-32-11-6-27-63(67)74-68(87)41-39-58-55-23-7-12-33-71(55)89-78(58)74/h1-46H. The minimum absolute atomic E-state index is 0.602. The third-order valence-electron chi connectivity index (χ3n) is 18.6. The van der Waals surface area contributed by atoms with E-state index in [2.05, 4.69) is 258 Å². The maximum absolute atomic E-state index is 6.79. The molecule has 20 aromatic rings. The highest BCUT2D eigenvalue weighted by Gasteiger charge is 2.25. The maximum atomic E-state index is 6.79. The molecule has 0 saturated heterocycles. The number of furan rings is 2. The van der Waals surface area contributed by atoms with Crippen molar-refractivity contribution in [1.29, 1.82) is 0 Å². The normalized spacial score (nSPS) is 12.2. The van der Waals surface area contributed by atoms with Gasteiger partial charge in [0.15, 0.2) is 0 Å². The molecular weight excluding hydrogens is 1130 g/mol. The molecule has 8 nitrogen and oxygen atoms in total. The Morgan fingerprint density at radius 1 is 0.275 bits per heavy atom. The van der Waals surface area contributed by atoms with E-state index in [1.165, 1.54) is 25.7 Å². The van der Waals surface area contributed by atoms with Gasteiger partial charge in [-0.3, -0.25) is 9.13 Å². The molecule has 0 aliphatic rings. The predicted octanol–water partition coefficient (Wildman–Crippen LogP) is 22.3. The minimum atomic E-state index is 0.602. The van der Waals surface area contributed by atoms with Crippen molar-refractivity contribution in [3.05, 3.63) is 279 Å². The van der Waals surface area contributed by atoms with Gasteiger partial charge in [0.1, 0.15) is 22.3 Å². The van der Waals surface area contributed by atoms with Crippen molar-refractivity contribution in [2.24, 2.45) is 0 Å². The molecular formula is C82H46N6O2S. The molecule has 7 aromatic heterocycles. The Bertz CT molecular complexity index is 6480. The molecule has 0 atom stereocenters. The molecule has 0 spiro atoms. The fraction of sp³-hybridized carbons (Fsp3) is 0. The van der Waals surface area contributed by atoms with Crippen LogP contribution in [0.2, 0.25) is 0 Å². The summed E-state index contributed by atoms with van der Waals surface area (Å²) >= 11 is 1.85. The van der Waals surface area contributed by atoms with Gasteiger partial charge in [0.25, 0.3) is 0 Å². The Kier molecular flexibility index (Phi) is 10.6. The first-order chi connectivity index (χ1) is 45.1. The number of rotatable bonds is 7. The Balaban J connectivity index is 0.690. The molecule has 0 unspecified atom stereocenters. The number of hydrogen-bond donors (Lipinski definition) is 0. The number of para-hydroxylation sites is 5. The Hall–Kier alpha value is -12.0. The van der Waals surface area contributed by atoms with Crippen LogP contribution in [0.25, 0.3) is 197 Å². The number of thiophene rings is 1. The van der Waals surface area contributed by atoms with Gasteiger partial charge in [-0.15, -0.1) is 11.3 Å². The summed E-state index contributed by atoms with van der Waals surface area (Å²) in [4.78, 5) is 21.6. The lowest BCUT2D eigenvalue weighted by Crippen LogP contribution is -2.03. The van der Waals surface area contributed by atoms with Gasteiger partial charge < -0.3 is 8.83 Å². The molecule has 0 radical (unpaired) electrons. The van der Waals surface area contributed by atoms with Gasteiger partial charge in [-0.25, -0.2) is 19.9 Å². The number of aromatic nitrogens is 6. The minimum Gasteiger partial charge on any atom is -0.455 e. The molecule has 7 heterocycles. The molecule has 422 valence electrons. The molecule has 0 aliphatic heterocycles. The van der Waals surface area contributed by atoms with E-state index in [4.69, 9.17) is 28.8 Å². The zero-order valence-electron chi connectivity index (χ0n) is 48.5. The smallest absolute Gasteiger partial charge is 0.235 e. The number of benzene rings is 13. The zero-order chi connectivity index (χ0) is 59.4. The second-order valence-electron chi connectivity index (χ2n) is 23.6.